The number of hydrogen-bond acceptors (Lipinski definition) is 4. The maximum absolute atomic E-state index is 13.0. The van der Waals surface area contributed by atoms with Crippen LogP contribution in [-0.2, 0) is 0 Å². The molecule has 1 N–H and O–H groups in total. The number of rotatable bonds is 3. The number of benzene rings is 1. The maximum Gasteiger partial charge on any atom is 0.308 e. The van der Waals surface area contributed by atoms with E-state index in [1.54, 1.807) is 6.92 Å². The second-order valence-electron chi connectivity index (χ2n) is 2.46. The first kappa shape index (κ1) is 10.2. The summed E-state index contributed by atoms with van der Waals surface area (Å²) < 4.78 is 17.8. The molecule has 0 heterocycles. The first-order chi connectivity index (χ1) is 6.56. The molecule has 0 bridgehead atoms. The zero-order valence-corrected chi connectivity index (χ0v) is 7.36. The van der Waals surface area contributed by atoms with Crippen LogP contribution in [0.4, 0.5) is 10.1 Å². The van der Waals surface area contributed by atoms with Crippen molar-refractivity contribution in [3.8, 4) is 11.5 Å². The van der Waals surface area contributed by atoms with Crippen molar-refractivity contribution in [2.24, 2.45) is 0 Å². The lowest BCUT2D eigenvalue weighted by Crippen LogP contribution is -1.96. The molecule has 1 aromatic carbocycles. The molecule has 0 amide bonds. The van der Waals surface area contributed by atoms with Gasteiger partial charge in [0.15, 0.2) is 11.5 Å². The largest absolute Gasteiger partial charge is 0.504 e. The molecule has 0 fully saturated rings. The van der Waals surface area contributed by atoms with Crippen molar-refractivity contribution in [1.82, 2.24) is 0 Å². The van der Waals surface area contributed by atoms with Crippen molar-refractivity contribution in [3.63, 3.8) is 0 Å². The highest BCUT2D eigenvalue weighted by Gasteiger charge is 2.18. The SMILES string of the molecule is CCOc1cc(F)c([N+](=O)[O-])cc1O. The molecule has 0 atom stereocenters. The summed E-state index contributed by atoms with van der Waals surface area (Å²) in [6, 6.07) is 1.51. The Hall–Kier alpha value is -1.85. The third-order valence-electron chi connectivity index (χ3n) is 1.52. The van der Waals surface area contributed by atoms with Crippen LogP contribution in [0.1, 0.15) is 6.92 Å². The number of phenolic OH excluding ortho intramolecular Hbond substituents is 1. The van der Waals surface area contributed by atoms with Gasteiger partial charge in [-0.05, 0) is 6.92 Å². The van der Waals surface area contributed by atoms with Crippen LogP contribution in [0.15, 0.2) is 12.1 Å². The van der Waals surface area contributed by atoms with Crippen LogP contribution in [0.5, 0.6) is 11.5 Å². The van der Waals surface area contributed by atoms with Gasteiger partial charge in [0, 0.05) is 6.07 Å². The monoisotopic (exact) mass is 201 g/mol. The number of hydrogen-bond donors (Lipinski definition) is 1. The first-order valence-electron chi connectivity index (χ1n) is 3.86. The zero-order valence-electron chi connectivity index (χ0n) is 7.36. The molecule has 0 spiro atoms. The Morgan fingerprint density at radius 2 is 2.29 bits per heavy atom. The molecule has 6 heteroatoms. The van der Waals surface area contributed by atoms with E-state index in [0.717, 1.165) is 12.1 Å². The summed E-state index contributed by atoms with van der Waals surface area (Å²) in [5.41, 5.74) is -0.772. The number of halogens is 1. The number of nitro groups is 1. The maximum atomic E-state index is 13.0. The third-order valence-corrected chi connectivity index (χ3v) is 1.52. The van der Waals surface area contributed by atoms with E-state index in [9.17, 15) is 19.6 Å². The van der Waals surface area contributed by atoms with Crippen LogP contribution in [0.25, 0.3) is 0 Å². The van der Waals surface area contributed by atoms with Crippen LogP contribution < -0.4 is 4.74 Å². The molecule has 1 rings (SSSR count). The summed E-state index contributed by atoms with van der Waals surface area (Å²) >= 11 is 0. The Kier molecular flexibility index (Phi) is 2.85. The second-order valence-corrected chi connectivity index (χ2v) is 2.46. The van der Waals surface area contributed by atoms with Gasteiger partial charge in [-0.25, -0.2) is 0 Å². The van der Waals surface area contributed by atoms with Gasteiger partial charge in [-0.2, -0.15) is 4.39 Å². The van der Waals surface area contributed by atoms with Gasteiger partial charge >= 0.3 is 5.69 Å². The molecule has 0 aromatic heterocycles. The Labute approximate surface area is 78.9 Å². The molecule has 76 valence electrons. The number of phenols is 1. The molecule has 0 radical (unpaired) electrons. The minimum absolute atomic E-state index is 0.101. The highest BCUT2D eigenvalue weighted by molar-refractivity contribution is 5.48. The van der Waals surface area contributed by atoms with Gasteiger partial charge in [0.05, 0.1) is 17.6 Å². The molecule has 0 aliphatic heterocycles. The fourth-order valence-electron chi connectivity index (χ4n) is 0.944. The van der Waals surface area contributed by atoms with Crippen LogP contribution in [0.3, 0.4) is 0 Å². The molecule has 0 aliphatic rings. The van der Waals surface area contributed by atoms with Gasteiger partial charge in [-0.1, -0.05) is 0 Å². The number of nitrogens with zero attached hydrogens (tertiary/aromatic N) is 1. The number of nitro benzene ring substituents is 1. The molecule has 5 nitrogen and oxygen atoms in total. The van der Waals surface area contributed by atoms with E-state index in [2.05, 4.69) is 0 Å². The highest BCUT2D eigenvalue weighted by atomic mass is 19.1. The summed E-state index contributed by atoms with van der Waals surface area (Å²) in [6.45, 7) is 1.89. The summed E-state index contributed by atoms with van der Waals surface area (Å²) in [5, 5.41) is 19.5. The summed E-state index contributed by atoms with van der Waals surface area (Å²) in [7, 11) is 0. The lowest BCUT2D eigenvalue weighted by molar-refractivity contribution is -0.387. The minimum Gasteiger partial charge on any atom is -0.504 e. The van der Waals surface area contributed by atoms with Gasteiger partial charge in [0.1, 0.15) is 0 Å². The predicted octanol–water partition coefficient (Wildman–Crippen LogP) is 1.84. The van der Waals surface area contributed by atoms with Crippen LogP contribution >= 0.6 is 0 Å². The van der Waals surface area contributed by atoms with E-state index in [1.807, 2.05) is 0 Å². The zero-order chi connectivity index (χ0) is 10.7. The average molecular weight is 201 g/mol. The first-order valence-corrected chi connectivity index (χ1v) is 3.86. The number of aromatic hydroxyl groups is 1. The van der Waals surface area contributed by atoms with E-state index >= 15 is 0 Å². The van der Waals surface area contributed by atoms with Gasteiger partial charge in [-0.3, -0.25) is 10.1 Å². The molecule has 0 unspecified atom stereocenters. The van der Waals surface area contributed by atoms with E-state index < -0.39 is 22.2 Å². The Balaban J connectivity index is 3.17. The normalized spacial score (nSPS) is 9.86. The standard InChI is InChI=1S/C8H8FNO4/c1-2-14-8-3-5(9)6(10(12)13)4-7(8)11/h3-4,11H,2H2,1H3. The van der Waals surface area contributed by atoms with Gasteiger partial charge < -0.3 is 9.84 Å². The summed E-state index contributed by atoms with van der Waals surface area (Å²) in [4.78, 5) is 9.34. The predicted molar refractivity (Wildman–Crippen MR) is 45.9 cm³/mol. The molecular weight excluding hydrogens is 193 g/mol. The lowest BCUT2D eigenvalue weighted by Gasteiger charge is -2.05. The van der Waals surface area contributed by atoms with Crippen LogP contribution in [0, 0.1) is 15.9 Å². The topological polar surface area (TPSA) is 72.6 Å². The summed E-state index contributed by atoms with van der Waals surface area (Å²) in [6.07, 6.45) is 0. The minimum atomic E-state index is -1.03. The smallest absolute Gasteiger partial charge is 0.308 e. The average Bonchev–Trinajstić information content (AvgIpc) is 2.10. The van der Waals surface area contributed by atoms with Crippen LogP contribution in [0.2, 0.25) is 0 Å². The molecule has 14 heavy (non-hydrogen) atoms. The van der Waals surface area contributed by atoms with Crippen molar-refractivity contribution in [3.05, 3.63) is 28.1 Å². The summed E-state index contributed by atoms with van der Waals surface area (Å²) in [5.74, 6) is -1.58. The fourth-order valence-corrected chi connectivity index (χ4v) is 0.944. The number of ether oxygens (including phenoxy) is 1. The third kappa shape index (κ3) is 1.90. The van der Waals surface area contributed by atoms with Gasteiger partial charge in [-0.15, -0.1) is 0 Å². The molecule has 0 saturated heterocycles. The molecule has 0 aliphatic carbocycles. The van der Waals surface area contributed by atoms with Crippen LogP contribution in [-0.4, -0.2) is 16.6 Å². The Morgan fingerprint density at radius 1 is 1.64 bits per heavy atom. The lowest BCUT2D eigenvalue weighted by atomic mass is 10.2. The van der Waals surface area contributed by atoms with E-state index in [-0.39, 0.29) is 12.4 Å². The van der Waals surface area contributed by atoms with Crippen molar-refractivity contribution in [2.45, 2.75) is 6.92 Å². The van der Waals surface area contributed by atoms with Gasteiger partial charge in [0.25, 0.3) is 0 Å². The second kappa shape index (κ2) is 3.91. The Bertz CT molecular complexity index is 367. The van der Waals surface area contributed by atoms with Crippen molar-refractivity contribution < 1.29 is 19.2 Å². The van der Waals surface area contributed by atoms with E-state index in [0.29, 0.717) is 0 Å². The van der Waals surface area contributed by atoms with Crippen molar-refractivity contribution >= 4 is 5.69 Å². The highest BCUT2D eigenvalue weighted by Crippen LogP contribution is 2.32. The Morgan fingerprint density at radius 3 is 2.79 bits per heavy atom. The molecular formula is C8H8FNO4. The fraction of sp³-hybridized carbons (Fsp3) is 0.250. The molecule has 1 aromatic rings. The van der Waals surface area contributed by atoms with Crippen molar-refractivity contribution in [2.75, 3.05) is 6.61 Å². The van der Waals surface area contributed by atoms with E-state index in [4.69, 9.17) is 4.74 Å². The van der Waals surface area contributed by atoms with Gasteiger partial charge in [0.2, 0.25) is 5.82 Å². The molecule has 0 saturated carbocycles. The quantitative estimate of drug-likeness (QED) is 0.598. The van der Waals surface area contributed by atoms with E-state index in [1.165, 1.54) is 0 Å². The van der Waals surface area contributed by atoms with Crippen molar-refractivity contribution in [1.29, 1.82) is 0 Å².